The number of hydrogen-bond acceptors (Lipinski definition) is 7. The van der Waals surface area contributed by atoms with Crippen molar-refractivity contribution in [3.05, 3.63) is 90.0 Å². The molecule has 8 nitrogen and oxygen atoms in total. The summed E-state index contributed by atoms with van der Waals surface area (Å²) in [5, 5.41) is 8.82. The fourth-order valence-corrected chi connectivity index (χ4v) is 5.24. The summed E-state index contributed by atoms with van der Waals surface area (Å²) in [7, 11) is 0. The molecule has 222 valence electrons. The van der Waals surface area contributed by atoms with E-state index >= 15 is 0 Å². The number of nitrogens with zero attached hydrogens (tertiary/aromatic N) is 1. The van der Waals surface area contributed by atoms with E-state index < -0.39 is 12.4 Å². The summed E-state index contributed by atoms with van der Waals surface area (Å²) in [6, 6.07) is 18.4. The van der Waals surface area contributed by atoms with Gasteiger partial charge in [-0.2, -0.15) is 11.8 Å². The third-order valence-electron chi connectivity index (χ3n) is 6.41. The number of anilines is 3. The summed E-state index contributed by atoms with van der Waals surface area (Å²) in [5.41, 5.74) is 8.63. The van der Waals surface area contributed by atoms with E-state index in [1.807, 2.05) is 11.8 Å². The number of hydrogen-bond donors (Lipinski definition) is 4. The number of thioether (sulfide) groups is 1. The Labute approximate surface area is 246 Å². The molecule has 0 spiro atoms. The zero-order valence-electron chi connectivity index (χ0n) is 22.7. The number of ether oxygens (including phenoxy) is 1. The van der Waals surface area contributed by atoms with Crippen molar-refractivity contribution in [1.29, 1.82) is 0 Å². The molecule has 0 bridgehead atoms. The first-order valence-electron chi connectivity index (χ1n) is 13.3. The monoisotopic (exact) mass is 599 g/mol. The summed E-state index contributed by atoms with van der Waals surface area (Å²) in [4.78, 5) is 28.0. The highest BCUT2D eigenvalue weighted by Gasteiger charge is 2.31. The van der Waals surface area contributed by atoms with Gasteiger partial charge in [-0.25, -0.2) is 0 Å². The molecule has 1 fully saturated rings. The average molecular weight is 600 g/mol. The molecule has 1 aliphatic heterocycles. The second-order valence-corrected chi connectivity index (χ2v) is 10.7. The average Bonchev–Trinajstić information content (AvgIpc) is 2.97. The van der Waals surface area contributed by atoms with Crippen LogP contribution in [0.2, 0.25) is 0 Å². The van der Waals surface area contributed by atoms with Gasteiger partial charge in [0.15, 0.2) is 0 Å². The normalized spacial score (nSPS) is 14.8. The molecule has 1 aliphatic rings. The topological polar surface area (TPSA) is 109 Å². The minimum Gasteiger partial charge on any atom is -0.406 e. The molecule has 12 heteroatoms. The zero-order chi connectivity index (χ0) is 30.0. The molecule has 1 heterocycles. The lowest BCUT2D eigenvalue weighted by molar-refractivity contribution is -0.274. The predicted octanol–water partition coefficient (Wildman–Crippen LogP) is 5.14. The Morgan fingerprint density at radius 2 is 1.67 bits per heavy atom. The third-order valence-corrected chi connectivity index (χ3v) is 7.36. The molecule has 1 atom stereocenters. The van der Waals surface area contributed by atoms with Crippen LogP contribution in [0.25, 0.3) is 6.08 Å². The van der Waals surface area contributed by atoms with Crippen LogP contribution in [-0.2, 0) is 9.59 Å². The van der Waals surface area contributed by atoms with Gasteiger partial charge in [0.1, 0.15) is 11.8 Å². The molecule has 0 radical (unpaired) electrons. The first kappa shape index (κ1) is 30.9. The van der Waals surface area contributed by atoms with Crippen LogP contribution >= 0.6 is 11.8 Å². The van der Waals surface area contributed by atoms with E-state index in [9.17, 15) is 22.8 Å². The first-order valence-corrected chi connectivity index (χ1v) is 14.5. The Kier molecular flexibility index (Phi) is 10.9. The molecule has 1 saturated heterocycles. The molecular weight excluding hydrogens is 567 g/mol. The predicted molar refractivity (Wildman–Crippen MR) is 161 cm³/mol. The maximum absolute atomic E-state index is 13.3. The Balaban J connectivity index is 1.42. The van der Waals surface area contributed by atoms with Crippen LogP contribution < -0.4 is 26.4 Å². The largest absolute Gasteiger partial charge is 0.573 e. The van der Waals surface area contributed by atoms with Crippen LogP contribution in [0.3, 0.4) is 0 Å². The van der Waals surface area contributed by atoms with Gasteiger partial charge < -0.3 is 31.3 Å². The second-order valence-electron chi connectivity index (χ2n) is 9.48. The summed E-state index contributed by atoms with van der Waals surface area (Å²) < 4.78 is 41.4. The second kappa shape index (κ2) is 14.8. The lowest BCUT2D eigenvalue weighted by atomic mass is 10.0. The number of nitrogens with one attached hydrogen (secondary N) is 3. The van der Waals surface area contributed by atoms with Crippen molar-refractivity contribution >= 4 is 46.7 Å². The van der Waals surface area contributed by atoms with Crippen LogP contribution in [0.15, 0.2) is 78.9 Å². The molecule has 42 heavy (non-hydrogen) atoms. The van der Waals surface area contributed by atoms with Crippen molar-refractivity contribution in [3.8, 4) is 5.75 Å². The van der Waals surface area contributed by atoms with Crippen molar-refractivity contribution in [2.24, 2.45) is 0 Å². The van der Waals surface area contributed by atoms with Crippen molar-refractivity contribution in [2.45, 2.75) is 12.4 Å². The molecule has 3 aromatic carbocycles. The van der Waals surface area contributed by atoms with E-state index in [4.69, 9.17) is 5.73 Å². The smallest absolute Gasteiger partial charge is 0.406 e. The molecule has 0 saturated carbocycles. The van der Waals surface area contributed by atoms with Gasteiger partial charge in [-0.15, -0.1) is 13.2 Å². The van der Waals surface area contributed by atoms with Crippen molar-refractivity contribution in [2.75, 3.05) is 54.1 Å². The number of carbonyl (C=O) groups excluding carboxylic acids is 2. The van der Waals surface area contributed by atoms with E-state index in [-0.39, 0.29) is 17.6 Å². The minimum absolute atomic E-state index is 0.332. The van der Waals surface area contributed by atoms with Crippen molar-refractivity contribution in [3.63, 3.8) is 0 Å². The molecule has 1 unspecified atom stereocenters. The fraction of sp³-hybridized carbons (Fsp3) is 0.267. The Morgan fingerprint density at radius 1 is 0.976 bits per heavy atom. The Hall–Kier alpha value is -4.00. The fourth-order valence-electron chi connectivity index (χ4n) is 4.26. The number of para-hydroxylation sites is 2. The zero-order valence-corrected chi connectivity index (χ0v) is 23.5. The molecule has 3 aromatic rings. The van der Waals surface area contributed by atoms with E-state index in [1.54, 1.807) is 54.6 Å². The lowest BCUT2D eigenvalue weighted by Crippen LogP contribution is -2.41. The number of amides is 2. The quantitative estimate of drug-likeness (QED) is 0.179. The van der Waals surface area contributed by atoms with Crippen LogP contribution in [0, 0.1) is 0 Å². The van der Waals surface area contributed by atoms with Gasteiger partial charge in [0, 0.05) is 49.4 Å². The summed E-state index contributed by atoms with van der Waals surface area (Å²) in [5.74, 6) is 1.07. The molecule has 5 N–H and O–H groups in total. The van der Waals surface area contributed by atoms with Gasteiger partial charge in [0.25, 0.3) is 0 Å². The van der Waals surface area contributed by atoms with Crippen LogP contribution in [0.1, 0.15) is 17.2 Å². The maximum Gasteiger partial charge on any atom is 0.573 e. The Morgan fingerprint density at radius 3 is 2.33 bits per heavy atom. The maximum atomic E-state index is 13.3. The van der Waals surface area contributed by atoms with Gasteiger partial charge >= 0.3 is 6.36 Å². The number of benzene rings is 3. The molecule has 2 amide bonds. The summed E-state index contributed by atoms with van der Waals surface area (Å²) >= 11 is 1.92. The van der Waals surface area contributed by atoms with Gasteiger partial charge in [-0.1, -0.05) is 36.4 Å². The third kappa shape index (κ3) is 9.82. The van der Waals surface area contributed by atoms with Gasteiger partial charge in [0.05, 0.1) is 11.4 Å². The summed E-state index contributed by atoms with van der Waals surface area (Å²) in [6.45, 7) is 3.31. The van der Waals surface area contributed by atoms with Crippen LogP contribution in [-0.4, -0.2) is 60.8 Å². The van der Waals surface area contributed by atoms with E-state index in [2.05, 4.69) is 25.6 Å². The number of rotatable bonds is 11. The Bertz CT molecular complexity index is 1360. The van der Waals surface area contributed by atoms with Crippen LogP contribution in [0.4, 0.5) is 30.2 Å². The van der Waals surface area contributed by atoms with Crippen molar-refractivity contribution in [1.82, 2.24) is 10.2 Å². The highest BCUT2D eigenvalue weighted by Crippen LogP contribution is 2.25. The lowest BCUT2D eigenvalue weighted by Gasteiger charge is -2.27. The van der Waals surface area contributed by atoms with Crippen LogP contribution in [0.5, 0.6) is 5.75 Å². The standard InChI is InChI=1S/C30H32F3N5O3S/c31-30(32,33)41-24-12-10-23(11-13-24)36-29(40)28(35-15-16-38-17-19-42-20-18-38)22-8-5-21(6-9-22)7-14-27(39)37-26-4-2-1-3-25(26)34/h1-14,28,35H,15-20,34H2,(H,36,40)(H,37,39)/b14-7+. The van der Waals surface area contributed by atoms with E-state index in [0.29, 0.717) is 29.2 Å². The van der Waals surface area contributed by atoms with E-state index in [0.717, 1.165) is 48.8 Å². The van der Waals surface area contributed by atoms with Gasteiger partial charge in [-0.05, 0) is 53.6 Å². The molecule has 0 aromatic heterocycles. The highest BCUT2D eigenvalue weighted by molar-refractivity contribution is 7.99. The number of nitrogens with two attached hydrogens (primary N) is 1. The molecule has 4 rings (SSSR count). The van der Waals surface area contributed by atoms with Gasteiger partial charge in [-0.3, -0.25) is 9.59 Å². The minimum atomic E-state index is -4.80. The molecule has 0 aliphatic carbocycles. The number of carbonyl (C=O) groups is 2. The summed E-state index contributed by atoms with van der Waals surface area (Å²) in [6.07, 6.45) is -1.75. The SMILES string of the molecule is Nc1ccccc1NC(=O)/C=C/c1ccc(C(NCCN2CCSCC2)C(=O)Nc2ccc(OC(F)(F)F)cc2)cc1. The van der Waals surface area contributed by atoms with E-state index in [1.165, 1.54) is 18.2 Å². The highest BCUT2D eigenvalue weighted by atomic mass is 32.2. The number of halogens is 3. The number of nitrogen functional groups attached to an aromatic ring is 1. The van der Waals surface area contributed by atoms with Gasteiger partial charge in [0.2, 0.25) is 11.8 Å². The van der Waals surface area contributed by atoms with Crippen molar-refractivity contribution < 1.29 is 27.5 Å². The number of alkyl halides is 3. The first-order chi connectivity index (χ1) is 20.2. The molecular formula is C30H32F3N5O3S.